The number of hydrogen-bond acceptors (Lipinski definition) is 9. The van der Waals surface area contributed by atoms with Crippen LogP contribution in [0, 0.1) is 13.8 Å². The molecule has 0 aliphatic heterocycles. The molecule has 3 rings (SSSR count). The van der Waals surface area contributed by atoms with Crippen molar-refractivity contribution < 1.29 is 23.8 Å². The van der Waals surface area contributed by atoms with E-state index >= 15 is 0 Å². The van der Waals surface area contributed by atoms with Crippen molar-refractivity contribution in [3.8, 4) is 17.2 Å². The zero-order valence-electron chi connectivity index (χ0n) is 18.8. The first-order valence-corrected chi connectivity index (χ1v) is 11.6. The van der Waals surface area contributed by atoms with Crippen molar-refractivity contribution in [3.05, 3.63) is 47.0 Å². The number of nitrogens with one attached hydrogen (secondary N) is 2. The number of carbonyl (C=O) groups excluding carboxylic acids is 2. The fraction of sp³-hybridized carbons (Fsp3) is 0.273. The second kappa shape index (κ2) is 11.0. The normalized spacial score (nSPS) is 10.5. The maximum atomic E-state index is 12.7. The van der Waals surface area contributed by atoms with Gasteiger partial charge in [-0.05, 0) is 37.6 Å². The lowest BCUT2D eigenvalue weighted by Crippen LogP contribution is -2.14. The van der Waals surface area contributed by atoms with Gasteiger partial charge in [0.2, 0.25) is 16.8 Å². The van der Waals surface area contributed by atoms with E-state index in [9.17, 15) is 9.59 Å². The molecule has 0 atom stereocenters. The number of anilines is 2. The Balaban J connectivity index is 1.60. The van der Waals surface area contributed by atoms with E-state index in [2.05, 4.69) is 20.8 Å². The number of amides is 2. The third-order valence-corrected chi connectivity index (χ3v) is 6.51. The number of methoxy groups -OCH3 is 3. The van der Waals surface area contributed by atoms with E-state index in [0.29, 0.717) is 32.3 Å². The second-order valence-corrected chi connectivity index (χ2v) is 9.10. The van der Waals surface area contributed by atoms with Gasteiger partial charge in [0.25, 0.3) is 5.91 Å². The van der Waals surface area contributed by atoms with E-state index in [1.165, 1.54) is 44.4 Å². The van der Waals surface area contributed by atoms with Gasteiger partial charge in [-0.2, -0.15) is 0 Å². The van der Waals surface area contributed by atoms with Crippen LogP contribution in [-0.2, 0) is 4.79 Å². The molecule has 9 nitrogen and oxygen atoms in total. The number of aromatic nitrogens is 2. The standard InChI is InChI=1S/C22H24N4O5S2/c1-12-6-7-15(13(2)8-12)23-18(27)11-32-22-26-25-21(33-22)24-20(28)14-9-16(29-3)19(31-5)17(10-14)30-4/h6-10H,11H2,1-5H3,(H,23,27)(H,24,25,28). The lowest BCUT2D eigenvalue weighted by molar-refractivity contribution is -0.113. The average molecular weight is 489 g/mol. The Morgan fingerprint density at radius 1 is 0.970 bits per heavy atom. The van der Waals surface area contributed by atoms with Gasteiger partial charge in [-0.3, -0.25) is 14.9 Å². The minimum Gasteiger partial charge on any atom is -0.493 e. The predicted octanol–water partition coefficient (Wildman–Crippen LogP) is 4.16. The molecule has 0 bridgehead atoms. The van der Waals surface area contributed by atoms with Crippen LogP contribution >= 0.6 is 23.1 Å². The summed E-state index contributed by atoms with van der Waals surface area (Å²) in [4.78, 5) is 25.0. The third-order valence-electron chi connectivity index (χ3n) is 4.54. The summed E-state index contributed by atoms with van der Waals surface area (Å²) >= 11 is 2.42. The summed E-state index contributed by atoms with van der Waals surface area (Å²) in [6.45, 7) is 3.95. The smallest absolute Gasteiger partial charge is 0.257 e. The number of nitrogens with zero attached hydrogens (tertiary/aromatic N) is 2. The third kappa shape index (κ3) is 6.14. The topological polar surface area (TPSA) is 112 Å². The molecular weight excluding hydrogens is 464 g/mol. The Morgan fingerprint density at radius 3 is 2.27 bits per heavy atom. The van der Waals surface area contributed by atoms with Gasteiger partial charge in [0.15, 0.2) is 15.8 Å². The molecule has 0 spiro atoms. The van der Waals surface area contributed by atoms with Crippen LogP contribution in [0.4, 0.5) is 10.8 Å². The summed E-state index contributed by atoms with van der Waals surface area (Å²) in [6, 6.07) is 8.93. The van der Waals surface area contributed by atoms with E-state index in [-0.39, 0.29) is 11.7 Å². The maximum Gasteiger partial charge on any atom is 0.257 e. The Labute approximate surface area is 199 Å². The van der Waals surface area contributed by atoms with Crippen molar-refractivity contribution in [1.29, 1.82) is 0 Å². The van der Waals surface area contributed by atoms with Crippen molar-refractivity contribution >= 4 is 45.7 Å². The number of benzene rings is 2. The highest BCUT2D eigenvalue weighted by Gasteiger charge is 2.18. The van der Waals surface area contributed by atoms with Gasteiger partial charge < -0.3 is 19.5 Å². The van der Waals surface area contributed by atoms with E-state index in [4.69, 9.17) is 14.2 Å². The minimum atomic E-state index is -0.408. The number of aryl methyl sites for hydroxylation is 2. The van der Waals surface area contributed by atoms with Gasteiger partial charge in [0.1, 0.15) is 0 Å². The Hall–Kier alpha value is -3.31. The quantitative estimate of drug-likeness (QED) is 0.341. The highest BCUT2D eigenvalue weighted by atomic mass is 32.2. The molecule has 174 valence electrons. The highest BCUT2D eigenvalue weighted by Crippen LogP contribution is 2.38. The molecule has 33 heavy (non-hydrogen) atoms. The number of thioether (sulfide) groups is 1. The largest absolute Gasteiger partial charge is 0.493 e. The van der Waals surface area contributed by atoms with Gasteiger partial charge in [-0.1, -0.05) is 40.8 Å². The highest BCUT2D eigenvalue weighted by molar-refractivity contribution is 8.01. The van der Waals surface area contributed by atoms with Gasteiger partial charge >= 0.3 is 0 Å². The zero-order chi connectivity index (χ0) is 24.0. The van der Waals surface area contributed by atoms with Crippen LogP contribution in [0.5, 0.6) is 17.2 Å². The molecule has 0 saturated carbocycles. The van der Waals surface area contributed by atoms with Crippen LogP contribution in [0.15, 0.2) is 34.7 Å². The second-order valence-electron chi connectivity index (χ2n) is 6.90. The fourth-order valence-corrected chi connectivity index (χ4v) is 4.51. The van der Waals surface area contributed by atoms with E-state index in [0.717, 1.165) is 16.8 Å². The molecule has 0 aliphatic rings. The SMILES string of the molecule is COc1cc(C(=O)Nc2nnc(SCC(=O)Nc3ccc(C)cc3C)s2)cc(OC)c1OC. The molecule has 0 aliphatic carbocycles. The Bertz CT molecular complexity index is 1140. The first-order valence-electron chi connectivity index (χ1n) is 9.79. The van der Waals surface area contributed by atoms with Crippen LogP contribution in [-0.4, -0.2) is 49.1 Å². The molecule has 0 unspecified atom stereocenters. The van der Waals surface area contributed by atoms with Gasteiger partial charge in [0, 0.05) is 11.3 Å². The first-order chi connectivity index (χ1) is 15.8. The Morgan fingerprint density at radius 2 is 1.67 bits per heavy atom. The molecule has 0 fully saturated rings. The van der Waals surface area contributed by atoms with Crippen LogP contribution in [0.1, 0.15) is 21.5 Å². The van der Waals surface area contributed by atoms with E-state index in [1.807, 2.05) is 32.0 Å². The number of ether oxygens (including phenoxy) is 3. The average Bonchev–Trinajstić information content (AvgIpc) is 3.25. The van der Waals surface area contributed by atoms with E-state index < -0.39 is 5.91 Å². The summed E-state index contributed by atoms with van der Waals surface area (Å²) in [6.07, 6.45) is 0. The lowest BCUT2D eigenvalue weighted by Gasteiger charge is -2.13. The molecule has 3 aromatic rings. The van der Waals surface area contributed by atoms with Crippen molar-refractivity contribution in [3.63, 3.8) is 0 Å². The summed E-state index contributed by atoms with van der Waals surface area (Å²) < 4.78 is 16.4. The van der Waals surface area contributed by atoms with Crippen molar-refractivity contribution in [2.24, 2.45) is 0 Å². The van der Waals surface area contributed by atoms with Crippen LogP contribution in [0.3, 0.4) is 0 Å². The molecule has 1 aromatic heterocycles. The summed E-state index contributed by atoms with van der Waals surface area (Å²) in [5, 5.41) is 13.9. The molecule has 1 heterocycles. The van der Waals surface area contributed by atoms with Crippen molar-refractivity contribution in [2.75, 3.05) is 37.7 Å². The Kier molecular flexibility index (Phi) is 8.12. The molecule has 2 aromatic carbocycles. The molecule has 11 heteroatoms. The van der Waals surface area contributed by atoms with Crippen LogP contribution in [0.25, 0.3) is 0 Å². The van der Waals surface area contributed by atoms with Crippen LogP contribution < -0.4 is 24.8 Å². The summed E-state index contributed by atoms with van der Waals surface area (Å²) in [7, 11) is 4.44. The fourth-order valence-electron chi connectivity index (χ4n) is 2.97. The lowest BCUT2D eigenvalue weighted by atomic mass is 10.1. The maximum absolute atomic E-state index is 12.7. The monoisotopic (exact) mass is 488 g/mol. The molecule has 0 saturated heterocycles. The number of hydrogen-bond donors (Lipinski definition) is 2. The summed E-state index contributed by atoms with van der Waals surface area (Å²) in [5.41, 5.74) is 3.22. The minimum absolute atomic E-state index is 0.148. The van der Waals surface area contributed by atoms with Crippen molar-refractivity contribution in [2.45, 2.75) is 18.2 Å². The number of rotatable bonds is 9. The van der Waals surface area contributed by atoms with Gasteiger partial charge in [-0.25, -0.2) is 0 Å². The van der Waals surface area contributed by atoms with Gasteiger partial charge in [-0.15, -0.1) is 10.2 Å². The van der Waals surface area contributed by atoms with Crippen molar-refractivity contribution in [1.82, 2.24) is 10.2 Å². The van der Waals surface area contributed by atoms with Crippen LogP contribution in [0.2, 0.25) is 0 Å². The molecule has 0 radical (unpaired) electrons. The van der Waals surface area contributed by atoms with Gasteiger partial charge in [0.05, 0.1) is 27.1 Å². The zero-order valence-corrected chi connectivity index (χ0v) is 20.5. The summed E-state index contributed by atoms with van der Waals surface area (Å²) in [5.74, 6) is 0.739. The molecule has 2 amide bonds. The molecule has 2 N–H and O–H groups in total. The molecular formula is C22H24N4O5S2. The van der Waals surface area contributed by atoms with E-state index in [1.54, 1.807) is 12.1 Å². The predicted molar refractivity (Wildman–Crippen MR) is 129 cm³/mol. The first kappa shape index (κ1) is 24.3. The number of carbonyl (C=O) groups is 2.